The van der Waals surface area contributed by atoms with Crippen LogP contribution in [-0.2, 0) is 4.57 Å². The number of aliphatic hydroxyl groups is 1. The number of aliphatic hydroxyl groups excluding tert-OH is 1. The van der Waals surface area contributed by atoms with Gasteiger partial charge in [-0.2, -0.15) is 0 Å². The molecule has 0 atom stereocenters. The van der Waals surface area contributed by atoms with Crippen LogP contribution in [0, 0.1) is 0 Å². The van der Waals surface area contributed by atoms with E-state index in [2.05, 4.69) is 0 Å². The average Bonchev–Trinajstić information content (AvgIpc) is 1.19. The minimum absolute atomic E-state index is 0. The summed E-state index contributed by atoms with van der Waals surface area (Å²) in [5.74, 6) is 0. The van der Waals surface area contributed by atoms with Gasteiger partial charge >= 0.3 is 7.82 Å². The first-order chi connectivity index (χ1) is 3.73. The molecular formula is C3H17N2O5P. The fourth-order valence-corrected chi connectivity index (χ4v) is 0. The van der Waals surface area contributed by atoms with Gasteiger partial charge in [0, 0.05) is 6.10 Å². The summed E-state index contributed by atoms with van der Waals surface area (Å²) in [6.45, 7) is 3.44. The molecule has 74 valence electrons. The van der Waals surface area contributed by atoms with Crippen LogP contribution >= 0.6 is 7.82 Å². The van der Waals surface area contributed by atoms with E-state index in [0.29, 0.717) is 0 Å². The zero-order valence-electron chi connectivity index (χ0n) is 6.64. The molecule has 0 aliphatic rings. The molecule has 11 heavy (non-hydrogen) atoms. The highest BCUT2D eigenvalue weighted by atomic mass is 31.2. The molecule has 0 rings (SSSR count). The Hall–Kier alpha value is -0.0100. The zero-order valence-corrected chi connectivity index (χ0v) is 7.53. The van der Waals surface area contributed by atoms with E-state index in [1.54, 1.807) is 13.8 Å². The van der Waals surface area contributed by atoms with Crippen molar-refractivity contribution in [1.29, 1.82) is 0 Å². The second-order valence-corrected chi connectivity index (χ2v) is 2.63. The summed E-state index contributed by atoms with van der Waals surface area (Å²) in [6.07, 6.45) is -0.167. The minimum atomic E-state index is -4.64. The van der Waals surface area contributed by atoms with Crippen LogP contribution in [0.3, 0.4) is 0 Å². The summed E-state index contributed by atoms with van der Waals surface area (Å²) in [5.41, 5.74) is 0. The molecule has 0 aromatic rings. The molecule has 0 fully saturated rings. The molecule has 0 aliphatic carbocycles. The smallest absolute Gasteiger partial charge is 0.394 e. The van der Waals surface area contributed by atoms with E-state index in [4.69, 9.17) is 24.4 Å². The van der Waals surface area contributed by atoms with Crippen molar-refractivity contribution in [2.24, 2.45) is 0 Å². The van der Waals surface area contributed by atoms with Crippen molar-refractivity contribution in [3.8, 4) is 0 Å². The van der Waals surface area contributed by atoms with Gasteiger partial charge in [0.1, 0.15) is 0 Å². The molecule has 0 bridgehead atoms. The second kappa shape index (κ2) is 9.99. The third-order valence-corrected chi connectivity index (χ3v) is 0. The minimum Gasteiger partial charge on any atom is -0.394 e. The number of hydrogen-bond acceptors (Lipinski definition) is 4. The average molecular weight is 192 g/mol. The quantitative estimate of drug-likeness (QED) is 0.288. The Bertz CT molecular complexity index is 90.9. The van der Waals surface area contributed by atoms with E-state index >= 15 is 0 Å². The van der Waals surface area contributed by atoms with Crippen LogP contribution in [0.5, 0.6) is 0 Å². The van der Waals surface area contributed by atoms with E-state index in [1.807, 2.05) is 0 Å². The maximum atomic E-state index is 8.88. The Morgan fingerprint density at radius 1 is 1.09 bits per heavy atom. The van der Waals surface area contributed by atoms with E-state index in [1.165, 1.54) is 0 Å². The number of rotatable bonds is 0. The van der Waals surface area contributed by atoms with E-state index in [9.17, 15) is 0 Å². The maximum absolute atomic E-state index is 8.88. The largest absolute Gasteiger partial charge is 0.466 e. The zero-order chi connectivity index (χ0) is 8.08. The van der Waals surface area contributed by atoms with Gasteiger partial charge in [0.25, 0.3) is 0 Å². The van der Waals surface area contributed by atoms with Gasteiger partial charge in [-0.1, -0.05) is 0 Å². The van der Waals surface area contributed by atoms with Gasteiger partial charge in [-0.05, 0) is 13.8 Å². The summed E-state index contributed by atoms with van der Waals surface area (Å²) < 4.78 is 8.88. The molecule has 0 aliphatic heterocycles. The SMILES string of the molecule is CC(C)O.N.N.O=P(O)(O)O. The van der Waals surface area contributed by atoms with E-state index in [-0.39, 0.29) is 18.4 Å². The first kappa shape index (κ1) is 22.4. The first-order valence-corrected chi connectivity index (χ1v) is 3.76. The van der Waals surface area contributed by atoms with Crippen LogP contribution in [-0.4, -0.2) is 25.9 Å². The van der Waals surface area contributed by atoms with Crippen molar-refractivity contribution in [1.82, 2.24) is 12.3 Å². The molecule has 0 spiro atoms. The standard InChI is InChI=1S/C3H8O.2H3N.H3O4P/c1-3(2)4;;;1-5(2,3)4/h3-4H,1-2H3;2*1H3;(H3,1,2,3,4). The van der Waals surface area contributed by atoms with Gasteiger partial charge in [-0.15, -0.1) is 0 Å². The monoisotopic (exact) mass is 192 g/mol. The van der Waals surface area contributed by atoms with Gasteiger partial charge in [0.15, 0.2) is 0 Å². The molecule has 0 heterocycles. The van der Waals surface area contributed by atoms with E-state index in [0.717, 1.165) is 0 Å². The van der Waals surface area contributed by atoms with Crippen LogP contribution in [0.4, 0.5) is 0 Å². The van der Waals surface area contributed by atoms with Gasteiger partial charge in [-0.3, -0.25) is 0 Å². The Morgan fingerprint density at radius 3 is 1.09 bits per heavy atom. The second-order valence-electron chi connectivity index (χ2n) is 1.61. The van der Waals surface area contributed by atoms with Crippen LogP contribution in [0.15, 0.2) is 0 Å². The summed E-state index contributed by atoms with van der Waals surface area (Å²) in [5, 5.41) is 8.06. The van der Waals surface area contributed by atoms with E-state index < -0.39 is 7.82 Å². The summed E-state index contributed by atoms with van der Waals surface area (Å²) in [7, 11) is -4.64. The molecule has 0 aromatic heterocycles. The van der Waals surface area contributed by atoms with Gasteiger partial charge in [-0.25, -0.2) is 4.57 Å². The summed E-state index contributed by atoms with van der Waals surface area (Å²) in [4.78, 5) is 21.6. The lowest BCUT2D eigenvalue weighted by atomic mass is 10.5. The van der Waals surface area contributed by atoms with Crippen LogP contribution in [0.2, 0.25) is 0 Å². The topological polar surface area (TPSA) is 168 Å². The van der Waals surface area contributed by atoms with Gasteiger partial charge in [0.05, 0.1) is 0 Å². The predicted molar refractivity (Wildman–Crippen MR) is 41.7 cm³/mol. The fraction of sp³-hybridized carbons (Fsp3) is 1.00. The highest BCUT2D eigenvalue weighted by Gasteiger charge is 2.00. The third kappa shape index (κ3) is 6380000. The Morgan fingerprint density at radius 2 is 1.09 bits per heavy atom. The van der Waals surface area contributed by atoms with Crippen LogP contribution in [0.1, 0.15) is 13.8 Å². The molecule has 0 saturated heterocycles. The highest BCUT2D eigenvalue weighted by Crippen LogP contribution is 2.25. The third-order valence-electron chi connectivity index (χ3n) is 0. The molecule has 0 radical (unpaired) electrons. The first-order valence-electron chi connectivity index (χ1n) is 2.20. The molecule has 7 nitrogen and oxygen atoms in total. The molecule has 8 heteroatoms. The normalized spacial score (nSPS) is 8.64. The molecular weight excluding hydrogens is 175 g/mol. The molecule has 0 saturated carbocycles. The molecule has 0 aromatic carbocycles. The summed E-state index contributed by atoms with van der Waals surface area (Å²) in [6, 6.07) is 0. The molecule has 0 unspecified atom stereocenters. The van der Waals surface area contributed by atoms with Crippen molar-refractivity contribution in [2.75, 3.05) is 0 Å². The lowest BCUT2D eigenvalue weighted by molar-refractivity contribution is 0.216. The van der Waals surface area contributed by atoms with Crippen molar-refractivity contribution < 1.29 is 24.4 Å². The Labute approximate surface area is 65.5 Å². The van der Waals surface area contributed by atoms with Gasteiger partial charge < -0.3 is 32.1 Å². The van der Waals surface area contributed by atoms with Crippen molar-refractivity contribution >= 4 is 7.82 Å². The maximum Gasteiger partial charge on any atom is 0.466 e. The van der Waals surface area contributed by atoms with Crippen molar-refractivity contribution in [3.05, 3.63) is 0 Å². The van der Waals surface area contributed by atoms with Crippen molar-refractivity contribution in [3.63, 3.8) is 0 Å². The molecule has 10 N–H and O–H groups in total. The highest BCUT2D eigenvalue weighted by molar-refractivity contribution is 7.45. The van der Waals surface area contributed by atoms with Crippen LogP contribution < -0.4 is 12.3 Å². The predicted octanol–water partition coefficient (Wildman–Crippen LogP) is -0.218. The lowest BCUT2D eigenvalue weighted by Gasteiger charge is -1.82. The molecule has 0 amide bonds. The Kier molecular flexibility index (Phi) is 20.4. The summed E-state index contributed by atoms with van der Waals surface area (Å²) >= 11 is 0. The Balaban J connectivity index is -0.0000000383. The lowest BCUT2D eigenvalue weighted by Crippen LogP contribution is -1.85. The number of phosphoric acid groups is 1. The van der Waals surface area contributed by atoms with Crippen LogP contribution in [0.25, 0.3) is 0 Å². The number of hydrogen-bond donors (Lipinski definition) is 6. The fourth-order valence-electron chi connectivity index (χ4n) is 0. The van der Waals surface area contributed by atoms with Gasteiger partial charge in [0.2, 0.25) is 0 Å². The van der Waals surface area contributed by atoms with Crippen molar-refractivity contribution in [2.45, 2.75) is 20.0 Å².